The molecule has 1 atom stereocenters. The molecule has 37 heavy (non-hydrogen) atoms. The summed E-state index contributed by atoms with van der Waals surface area (Å²) >= 11 is 0. The molecule has 0 spiro atoms. The van der Waals surface area contributed by atoms with E-state index in [0.717, 1.165) is 33.5 Å². The number of benzene rings is 3. The van der Waals surface area contributed by atoms with Crippen molar-refractivity contribution in [3.05, 3.63) is 77.6 Å². The van der Waals surface area contributed by atoms with Crippen molar-refractivity contribution in [3.8, 4) is 16.9 Å². The number of likely N-dealkylation sites (tertiary alicyclic amines) is 1. The number of ketones is 1. The minimum Gasteiger partial charge on any atom is -0.491 e. The van der Waals surface area contributed by atoms with E-state index in [1.807, 2.05) is 36.4 Å². The number of ether oxygens (including phenoxy) is 1. The number of piperidine rings is 1. The molecule has 0 bridgehead atoms. The van der Waals surface area contributed by atoms with E-state index >= 15 is 0 Å². The molecule has 3 aromatic carbocycles. The zero-order valence-electron chi connectivity index (χ0n) is 20.1. The average Bonchev–Trinajstić information content (AvgIpc) is 3.14. The molecule has 1 unspecified atom stereocenters. The third kappa shape index (κ3) is 4.48. The summed E-state index contributed by atoms with van der Waals surface area (Å²) in [6.07, 6.45) is 0.249. The number of amides is 2. The Morgan fingerprint density at radius 3 is 2.76 bits per heavy atom. The number of carbonyl (C=O) groups is 2. The summed E-state index contributed by atoms with van der Waals surface area (Å²) in [5.74, 6) is 0.232. The molecule has 0 aliphatic carbocycles. The molecule has 3 N–H and O–H groups in total. The van der Waals surface area contributed by atoms with Crippen molar-refractivity contribution >= 4 is 28.8 Å². The van der Waals surface area contributed by atoms with Gasteiger partial charge in [-0.1, -0.05) is 24.3 Å². The summed E-state index contributed by atoms with van der Waals surface area (Å²) in [6.45, 7) is 1.77. The second-order valence-electron chi connectivity index (χ2n) is 9.50. The van der Waals surface area contributed by atoms with Gasteiger partial charge in [-0.3, -0.25) is 4.79 Å². The van der Waals surface area contributed by atoms with Gasteiger partial charge in [0.15, 0.2) is 5.95 Å². The van der Waals surface area contributed by atoms with E-state index in [9.17, 15) is 14.0 Å². The molecule has 2 amide bonds. The largest absolute Gasteiger partial charge is 0.491 e. The Hall–Kier alpha value is -4.40. The molecular formula is C28H26FN5O3. The summed E-state index contributed by atoms with van der Waals surface area (Å²) < 4.78 is 19.8. The molecule has 2 aliphatic heterocycles. The molecule has 1 aromatic heterocycles. The Morgan fingerprint density at radius 1 is 1.05 bits per heavy atom. The maximum absolute atomic E-state index is 13.8. The highest BCUT2D eigenvalue weighted by molar-refractivity contribution is 5.89. The molecule has 9 heteroatoms. The molecular weight excluding hydrogens is 473 g/mol. The Kier molecular flexibility index (Phi) is 5.75. The van der Waals surface area contributed by atoms with E-state index in [4.69, 9.17) is 10.5 Å². The second kappa shape index (κ2) is 9.24. The number of hydrogen-bond acceptors (Lipinski definition) is 5. The minimum absolute atomic E-state index is 0.0276. The lowest BCUT2D eigenvalue weighted by Crippen LogP contribution is -2.49. The average molecular weight is 500 g/mol. The predicted molar refractivity (Wildman–Crippen MR) is 138 cm³/mol. The van der Waals surface area contributed by atoms with Crippen LogP contribution in [0, 0.1) is 5.82 Å². The van der Waals surface area contributed by atoms with Crippen LogP contribution >= 0.6 is 0 Å². The van der Waals surface area contributed by atoms with Crippen LogP contribution in [-0.2, 0) is 11.3 Å². The van der Waals surface area contributed by atoms with Gasteiger partial charge in [0.25, 0.3) is 0 Å². The first-order chi connectivity index (χ1) is 17.9. The van der Waals surface area contributed by atoms with Gasteiger partial charge in [-0.15, -0.1) is 0 Å². The zero-order chi connectivity index (χ0) is 25.5. The number of halogens is 1. The predicted octanol–water partition coefficient (Wildman–Crippen LogP) is 4.32. The normalized spacial score (nSPS) is 17.9. The number of fused-ring (bicyclic) bond motifs is 2. The van der Waals surface area contributed by atoms with E-state index in [1.54, 1.807) is 21.9 Å². The third-order valence-corrected chi connectivity index (χ3v) is 7.09. The van der Waals surface area contributed by atoms with Gasteiger partial charge in [-0.05, 0) is 53.1 Å². The van der Waals surface area contributed by atoms with Gasteiger partial charge >= 0.3 is 6.03 Å². The van der Waals surface area contributed by atoms with Gasteiger partial charge < -0.3 is 25.3 Å². The van der Waals surface area contributed by atoms with Crippen LogP contribution in [0.2, 0.25) is 0 Å². The van der Waals surface area contributed by atoms with Gasteiger partial charge in [0.1, 0.15) is 24.0 Å². The maximum atomic E-state index is 13.8. The number of H-pyrrole nitrogens is 1. The molecule has 6 rings (SSSR count). The highest BCUT2D eigenvalue weighted by Gasteiger charge is 2.33. The van der Waals surface area contributed by atoms with Crippen LogP contribution in [0.15, 0.2) is 60.7 Å². The Morgan fingerprint density at radius 2 is 1.89 bits per heavy atom. The fourth-order valence-corrected chi connectivity index (χ4v) is 5.17. The lowest BCUT2D eigenvalue weighted by atomic mass is 9.89. The van der Waals surface area contributed by atoms with Crippen molar-refractivity contribution in [1.82, 2.24) is 19.8 Å². The van der Waals surface area contributed by atoms with Crippen molar-refractivity contribution < 1.29 is 18.7 Å². The van der Waals surface area contributed by atoms with Crippen LogP contribution < -0.4 is 10.5 Å². The third-order valence-electron chi connectivity index (χ3n) is 7.09. The van der Waals surface area contributed by atoms with Crippen molar-refractivity contribution in [2.75, 3.05) is 32.0 Å². The monoisotopic (exact) mass is 499 g/mol. The molecule has 4 aromatic rings. The minimum atomic E-state index is -0.526. The fraction of sp³-hybridized carbons (Fsp3) is 0.250. The number of Topliss-reactive ketones (excluding diaryl/α,β-unsaturated/α-hetero) is 1. The first-order valence-corrected chi connectivity index (χ1v) is 12.3. The van der Waals surface area contributed by atoms with Gasteiger partial charge in [0.2, 0.25) is 0 Å². The van der Waals surface area contributed by atoms with E-state index < -0.39 is 5.92 Å². The smallest absolute Gasteiger partial charge is 0.320 e. The summed E-state index contributed by atoms with van der Waals surface area (Å²) in [4.78, 5) is 36.9. The molecule has 8 nitrogen and oxygen atoms in total. The second-order valence-corrected chi connectivity index (χ2v) is 9.50. The number of nitrogens with zero attached hydrogens (tertiary/aromatic N) is 3. The van der Waals surface area contributed by atoms with Crippen molar-refractivity contribution in [3.63, 3.8) is 0 Å². The summed E-state index contributed by atoms with van der Waals surface area (Å²) in [7, 11) is 0. The van der Waals surface area contributed by atoms with Crippen LogP contribution in [0.3, 0.4) is 0 Å². The summed E-state index contributed by atoms with van der Waals surface area (Å²) in [5.41, 5.74) is 10.9. The number of nitrogens with one attached hydrogen (secondary N) is 1. The number of nitrogens with two attached hydrogens (primary N) is 1. The number of hydrogen-bond donors (Lipinski definition) is 2. The lowest BCUT2D eigenvalue weighted by Gasteiger charge is -2.35. The van der Waals surface area contributed by atoms with E-state index in [-0.39, 0.29) is 30.6 Å². The molecule has 1 saturated heterocycles. The SMILES string of the molecule is Nc1nc2ccc(-c3ccc4c(c3)CN(C(=O)N3CCC(=O)C(c5cccc(F)c5)C3)CCO4)cc2[nH]1. The van der Waals surface area contributed by atoms with Crippen LogP contribution in [0.1, 0.15) is 23.5 Å². The molecule has 0 saturated carbocycles. The highest BCUT2D eigenvalue weighted by Crippen LogP contribution is 2.32. The number of aromatic amines is 1. The number of anilines is 1. The lowest BCUT2D eigenvalue weighted by molar-refractivity contribution is -0.122. The quantitative estimate of drug-likeness (QED) is 0.427. The van der Waals surface area contributed by atoms with E-state index in [1.165, 1.54) is 12.1 Å². The zero-order valence-corrected chi connectivity index (χ0v) is 20.1. The van der Waals surface area contributed by atoms with Gasteiger partial charge in [0.05, 0.1) is 30.0 Å². The maximum Gasteiger partial charge on any atom is 0.320 e. The highest BCUT2D eigenvalue weighted by atomic mass is 19.1. The van der Waals surface area contributed by atoms with E-state index in [2.05, 4.69) is 9.97 Å². The Balaban J connectivity index is 1.23. The van der Waals surface area contributed by atoms with Crippen LogP contribution in [0.5, 0.6) is 5.75 Å². The fourth-order valence-electron chi connectivity index (χ4n) is 5.17. The molecule has 2 aliphatic rings. The number of aromatic nitrogens is 2. The van der Waals surface area contributed by atoms with Crippen molar-refractivity contribution in [1.29, 1.82) is 0 Å². The van der Waals surface area contributed by atoms with Crippen LogP contribution in [0.4, 0.5) is 15.1 Å². The Bertz CT molecular complexity index is 1520. The molecule has 1 fully saturated rings. The Labute approximate surface area is 212 Å². The van der Waals surface area contributed by atoms with Crippen LogP contribution in [0.25, 0.3) is 22.2 Å². The van der Waals surface area contributed by atoms with Gasteiger partial charge in [-0.25, -0.2) is 14.2 Å². The molecule has 188 valence electrons. The molecule has 0 radical (unpaired) electrons. The number of urea groups is 1. The summed E-state index contributed by atoms with van der Waals surface area (Å²) in [5, 5.41) is 0. The molecule has 3 heterocycles. The number of imidazole rings is 1. The van der Waals surface area contributed by atoms with Gasteiger partial charge in [0, 0.05) is 25.1 Å². The van der Waals surface area contributed by atoms with Crippen molar-refractivity contribution in [2.45, 2.75) is 18.9 Å². The summed E-state index contributed by atoms with van der Waals surface area (Å²) in [6, 6.07) is 17.8. The van der Waals surface area contributed by atoms with Crippen LogP contribution in [-0.4, -0.2) is 57.8 Å². The van der Waals surface area contributed by atoms with E-state index in [0.29, 0.717) is 37.8 Å². The van der Waals surface area contributed by atoms with Crippen molar-refractivity contribution in [2.24, 2.45) is 0 Å². The number of rotatable bonds is 2. The topological polar surface area (TPSA) is 105 Å². The first-order valence-electron chi connectivity index (χ1n) is 12.3. The number of nitrogen functional groups attached to an aromatic ring is 1. The first kappa shape index (κ1) is 23.0. The standard InChI is InChI=1S/C28H26FN5O3/c29-21-3-1-2-19(13-21)22-16-33(9-8-25(22)35)28(36)34-10-11-37-26-7-5-17(12-20(26)15-34)18-4-6-23-24(14-18)32-27(30)31-23/h1-7,12-14,22H,8-11,15-16H2,(H3,30,31,32). The van der Waals surface area contributed by atoms with Gasteiger partial charge in [-0.2, -0.15) is 0 Å². The number of carbonyl (C=O) groups excluding carboxylic acids is 2.